The molecule has 0 aliphatic rings. The number of nitrogens with zero attached hydrogens (tertiary/aromatic N) is 1. The van der Waals surface area contributed by atoms with Gasteiger partial charge in [0, 0.05) is 5.02 Å². The lowest BCUT2D eigenvalue weighted by molar-refractivity contribution is 0.494. The van der Waals surface area contributed by atoms with Crippen LogP contribution in [0.25, 0.3) is 0 Å². The average Bonchev–Trinajstić information content (AvgIpc) is 3.10. The number of sulfonamides is 1. The number of benzene rings is 2. The number of hydrogen-bond acceptors (Lipinski definition) is 4. The van der Waals surface area contributed by atoms with Crippen LogP contribution in [0.3, 0.4) is 0 Å². The van der Waals surface area contributed by atoms with E-state index < -0.39 is 10.0 Å². The second-order valence-corrected chi connectivity index (χ2v) is 7.81. The van der Waals surface area contributed by atoms with Gasteiger partial charge in [0.1, 0.15) is 11.5 Å². The van der Waals surface area contributed by atoms with Gasteiger partial charge in [0.2, 0.25) is 10.0 Å². The zero-order chi connectivity index (χ0) is 18.6. The van der Waals surface area contributed by atoms with Gasteiger partial charge in [0.05, 0.1) is 23.3 Å². The second-order valence-electron chi connectivity index (χ2n) is 5.63. The lowest BCUT2D eigenvalue weighted by atomic mass is 10.2. The predicted molar refractivity (Wildman–Crippen MR) is 103 cm³/mol. The first kappa shape index (κ1) is 18.4. The third-order valence-electron chi connectivity index (χ3n) is 3.67. The molecule has 134 valence electrons. The van der Waals surface area contributed by atoms with Crippen LogP contribution in [0.5, 0.6) is 0 Å². The van der Waals surface area contributed by atoms with E-state index in [0.717, 1.165) is 5.56 Å². The van der Waals surface area contributed by atoms with Crippen molar-refractivity contribution in [1.29, 1.82) is 0 Å². The number of aryl methyl sites for hydroxylation is 1. The van der Waals surface area contributed by atoms with Gasteiger partial charge in [-0.3, -0.25) is 4.99 Å². The summed E-state index contributed by atoms with van der Waals surface area (Å²) in [6.07, 6.45) is 1.57. The molecule has 5 nitrogen and oxygen atoms in total. The molecular formula is C19H17ClN2O3S. The summed E-state index contributed by atoms with van der Waals surface area (Å²) in [5, 5.41) is 0.648. The summed E-state index contributed by atoms with van der Waals surface area (Å²) in [7, 11) is -3.57. The Bertz CT molecular complexity index is 1030. The molecule has 3 aromatic rings. The molecule has 0 atom stereocenters. The molecule has 0 spiro atoms. The first-order valence-electron chi connectivity index (χ1n) is 7.88. The van der Waals surface area contributed by atoms with Gasteiger partial charge in [-0.25, -0.2) is 13.1 Å². The fraction of sp³-hybridized carbons (Fsp3) is 0.105. The molecule has 0 aliphatic heterocycles. The minimum Gasteiger partial charge on any atom is -0.459 e. The standard InChI is InChI=1S/C19H17ClN2O3S/c1-14-7-8-15(11-19(14)20)21-12-16-9-10-17(25-16)13-22-26(23,24)18-5-3-2-4-6-18/h2-12,22H,13H2,1H3. The fourth-order valence-electron chi connectivity index (χ4n) is 2.21. The van der Waals surface area contributed by atoms with Crippen LogP contribution in [-0.2, 0) is 16.6 Å². The molecule has 2 aromatic carbocycles. The van der Waals surface area contributed by atoms with Crippen LogP contribution in [0.2, 0.25) is 5.02 Å². The smallest absolute Gasteiger partial charge is 0.240 e. The minimum absolute atomic E-state index is 0.0570. The molecule has 0 aliphatic carbocycles. The molecule has 0 fully saturated rings. The van der Waals surface area contributed by atoms with Crippen molar-refractivity contribution >= 4 is 33.5 Å². The largest absolute Gasteiger partial charge is 0.459 e. The number of furan rings is 1. The van der Waals surface area contributed by atoms with Crippen LogP contribution in [0.4, 0.5) is 5.69 Å². The van der Waals surface area contributed by atoms with Crippen LogP contribution >= 0.6 is 11.6 Å². The molecule has 1 heterocycles. The van der Waals surface area contributed by atoms with Gasteiger partial charge in [0.25, 0.3) is 0 Å². The maximum absolute atomic E-state index is 12.2. The second kappa shape index (κ2) is 7.86. The number of rotatable bonds is 6. The number of hydrogen-bond donors (Lipinski definition) is 1. The number of aliphatic imine (C=N–C) groups is 1. The monoisotopic (exact) mass is 388 g/mol. The van der Waals surface area contributed by atoms with E-state index in [1.165, 1.54) is 12.1 Å². The Kier molecular flexibility index (Phi) is 5.56. The molecule has 0 bridgehead atoms. The third-order valence-corrected chi connectivity index (χ3v) is 5.49. The Balaban J connectivity index is 1.64. The summed E-state index contributed by atoms with van der Waals surface area (Å²) in [4.78, 5) is 4.52. The molecule has 0 amide bonds. The van der Waals surface area contributed by atoms with Crippen molar-refractivity contribution in [3.05, 3.63) is 82.8 Å². The topological polar surface area (TPSA) is 71.7 Å². The van der Waals surface area contributed by atoms with Crippen molar-refractivity contribution in [2.24, 2.45) is 4.99 Å². The molecule has 0 saturated heterocycles. The molecule has 7 heteroatoms. The first-order valence-corrected chi connectivity index (χ1v) is 9.74. The van der Waals surface area contributed by atoms with Gasteiger partial charge in [0.15, 0.2) is 0 Å². The van der Waals surface area contributed by atoms with Gasteiger partial charge < -0.3 is 4.42 Å². The van der Waals surface area contributed by atoms with E-state index in [0.29, 0.717) is 22.2 Å². The molecule has 1 aromatic heterocycles. The summed E-state index contributed by atoms with van der Waals surface area (Å²) in [6, 6.07) is 17.1. The highest BCUT2D eigenvalue weighted by Crippen LogP contribution is 2.22. The number of nitrogens with one attached hydrogen (secondary N) is 1. The predicted octanol–water partition coefficient (Wildman–Crippen LogP) is 4.47. The Morgan fingerprint density at radius 3 is 2.62 bits per heavy atom. The quantitative estimate of drug-likeness (QED) is 0.633. The average molecular weight is 389 g/mol. The van der Waals surface area contributed by atoms with Crippen LogP contribution in [0, 0.1) is 6.92 Å². The molecule has 0 radical (unpaired) electrons. The summed E-state index contributed by atoms with van der Waals surface area (Å²) in [5.41, 5.74) is 1.69. The Labute approximate surface area is 157 Å². The normalized spacial score (nSPS) is 11.9. The highest BCUT2D eigenvalue weighted by molar-refractivity contribution is 7.89. The summed E-state index contributed by atoms with van der Waals surface area (Å²) in [6.45, 7) is 1.98. The Hall–Kier alpha value is -2.41. The van der Waals surface area contributed by atoms with Crippen LogP contribution < -0.4 is 4.72 Å². The molecule has 0 unspecified atom stereocenters. The van der Waals surface area contributed by atoms with Crippen molar-refractivity contribution in [3.8, 4) is 0 Å². The maximum Gasteiger partial charge on any atom is 0.240 e. The van der Waals surface area contributed by atoms with E-state index >= 15 is 0 Å². The van der Waals surface area contributed by atoms with Crippen LogP contribution in [0.15, 0.2) is 75.0 Å². The molecule has 1 N–H and O–H groups in total. The summed E-state index contributed by atoms with van der Waals surface area (Å²) < 4.78 is 32.5. The molecular weight excluding hydrogens is 372 g/mol. The van der Waals surface area contributed by atoms with Crippen molar-refractivity contribution in [2.75, 3.05) is 0 Å². The van der Waals surface area contributed by atoms with Gasteiger partial charge in [-0.1, -0.05) is 35.9 Å². The fourth-order valence-corrected chi connectivity index (χ4v) is 3.40. The lowest BCUT2D eigenvalue weighted by Gasteiger charge is -2.04. The minimum atomic E-state index is -3.57. The SMILES string of the molecule is Cc1ccc(N=Cc2ccc(CNS(=O)(=O)c3ccccc3)o2)cc1Cl. The van der Waals surface area contributed by atoms with E-state index in [2.05, 4.69) is 9.71 Å². The van der Waals surface area contributed by atoms with Crippen molar-refractivity contribution in [2.45, 2.75) is 18.4 Å². The van der Waals surface area contributed by atoms with E-state index in [-0.39, 0.29) is 11.4 Å². The first-order chi connectivity index (χ1) is 12.4. The Morgan fingerprint density at radius 2 is 1.88 bits per heavy atom. The zero-order valence-electron chi connectivity index (χ0n) is 14.0. The number of halogens is 1. The Morgan fingerprint density at radius 1 is 1.12 bits per heavy atom. The van der Waals surface area contributed by atoms with Gasteiger partial charge >= 0.3 is 0 Å². The maximum atomic E-state index is 12.2. The van der Waals surface area contributed by atoms with E-state index in [9.17, 15) is 8.42 Å². The van der Waals surface area contributed by atoms with Gasteiger partial charge in [-0.05, 0) is 48.9 Å². The van der Waals surface area contributed by atoms with Crippen LogP contribution in [-0.4, -0.2) is 14.6 Å². The van der Waals surface area contributed by atoms with Crippen molar-refractivity contribution in [3.63, 3.8) is 0 Å². The van der Waals surface area contributed by atoms with E-state index in [1.54, 1.807) is 42.6 Å². The van der Waals surface area contributed by atoms with E-state index in [1.807, 2.05) is 19.1 Å². The van der Waals surface area contributed by atoms with Crippen molar-refractivity contribution < 1.29 is 12.8 Å². The molecule has 3 rings (SSSR count). The summed E-state index contributed by atoms with van der Waals surface area (Å²) >= 11 is 6.07. The molecule has 26 heavy (non-hydrogen) atoms. The summed E-state index contributed by atoms with van der Waals surface area (Å²) in [5.74, 6) is 1.02. The zero-order valence-corrected chi connectivity index (χ0v) is 15.6. The van der Waals surface area contributed by atoms with E-state index in [4.69, 9.17) is 16.0 Å². The molecule has 0 saturated carbocycles. The van der Waals surface area contributed by atoms with Gasteiger partial charge in [-0.2, -0.15) is 0 Å². The highest BCUT2D eigenvalue weighted by atomic mass is 35.5. The van der Waals surface area contributed by atoms with Crippen LogP contribution in [0.1, 0.15) is 17.1 Å². The third kappa shape index (κ3) is 4.60. The van der Waals surface area contributed by atoms with Gasteiger partial charge in [-0.15, -0.1) is 0 Å². The van der Waals surface area contributed by atoms with Crippen molar-refractivity contribution in [1.82, 2.24) is 4.72 Å². The lowest BCUT2D eigenvalue weighted by Crippen LogP contribution is -2.22. The highest BCUT2D eigenvalue weighted by Gasteiger charge is 2.13.